The van der Waals surface area contributed by atoms with Crippen molar-refractivity contribution in [3.8, 4) is 0 Å². The molecule has 6 heteroatoms. The third kappa shape index (κ3) is 9.75. The average Bonchev–Trinajstić information content (AvgIpc) is 2.40. The number of unbranched alkanes of at least 4 members (excludes halogenated alkanes) is 2. The van der Waals surface area contributed by atoms with Crippen LogP contribution >= 0.6 is 0 Å². The van der Waals surface area contributed by atoms with Crippen LogP contribution in [0.4, 0.5) is 0 Å². The van der Waals surface area contributed by atoms with Crippen LogP contribution in [0.1, 0.15) is 52.9 Å². The van der Waals surface area contributed by atoms with Gasteiger partial charge in [-0.05, 0) is 33.1 Å². The van der Waals surface area contributed by atoms with Crippen LogP contribution in [0.3, 0.4) is 0 Å². The number of carboxylic acid groups (broad SMARTS) is 1. The third-order valence-electron chi connectivity index (χ3n) is 3.04. The molecule has 20 heavy (non-hydrogen) atoms. The zero-order chi connectivity index (χ0) is 15.4. The standard InChI is InChI=1S/C14H26O6/c1-4-14(2,3)13(17)18-10-11-20-19-9-7-5-6-8-12(15)16/h4-11H2,1-3H3,(H,15,16). The van der Waals surface area contributed by atoms with E-state index < -0.39 is 11.4 Å². The van der Waals surface area contributed by atoms with Crippen molar-refractivity contribution in [3.63, 3.8) is 0 Å². The Morgan fingerprint density at radius 3 is 2.25 bits per heavy atom. The first-order valence-corrected chi connectivity index (χ1v) is 7.03. The normalized spacial score (nSPS) is 11.3. The van der Waals surface area contributed by atoms with Crippen molar-refractivity contribution in [2.24, 2.45) is 5.41 Å². The lowest BCUT2D eigenvalue weighted by molar-refractivity contribution is -0.298. The second-order valence-electron chi connectivity index (χ2n) is 5.22. The van der Waals surface area contributed by atoms with E-state index in [1.165, 1.54) is 0 Å². The second-order valence-corrected chi connectivity index (χ2v) is 5.22. The molecule has 0 aliphatic heterocycles. The zero-order valence-electron chi connectivity index (χ0n) is 12.6. The highest BCUT2D eigenvalue weighted by Crippen LogP contribution is 2.21. The molecule has 0 unspecified atom stereocenters. The fourth-order valence-electron chi connectivity index (χ4n) is 1.24. The molecule has 0 saturated heterocycles. The molecule has 6 nitrogen and oxygen atoms in total. The molecule has 0 radical (unpaired) electrons. The summed E-state index contributed by atoms with van der Waals surface area (Å²) in [4.78, 5) is 31.6. The molecule has 0 saturated carbocycles. The molecule has 0 rings (SSSR count). The fourth-order valence-corrected chi connectivity index (χ4v) is 1.24. The van der Waals surface area contributed by atoms with Crippen LogP contribution < -0.4 is 0 Å². The average molecular weight is 290 g/mol. The fraction of sp³-hybridized carbons (Fsp3) is 0.857. The number of carbonyl (C=O) groups is 2. The Labute approximate surface area is 120 Å². The summed E-state index contributed by atoms with van der Waals surface area (Å²) in [6.45, 7) is 6.38. The molecule has 0 aromatic heterocycles. The number of hydrogen-bond acceptors (Lipinski definition) is 5. The van der Waals surface area contributed by atoms with Gasteiger partial charge in [-0.25, -0.2) is 9.78 Å². The van der Waals surface area contributed by atoms with Crippen molar-refractivity contribution < 1.29 is 29.2 Å². The molecule has 0 aliphatic carbocycles. The minimum absolute atomic E-state index is 0.168. The number of carboxylic acids is 1. The van der Waals surface area contributed by atoms with Crippen molar-refractivity contribution in [2.75, 3.05) is 19.8 Å². The van der Waals surface area contributed by atoms with Gasteiger partial charge in [-0.2, -0.15) is 0 Å². The van der Waals surface area contributed by atoms with Gasteiger partial charge in [0.05, 0.1) is 12.0 Å². The number of hydrogen-bond donors (Lipinski definition) is 1. The maximum absolute atomic E-state index is 11.6. The molecule has 0 atom stereocenters. The third-order valence-corrected chi connectivity index (χ3v) is 3.04. The van der Waals surface area contributed by atoms with Crippen LogP contribution in [0.5, 0.6) is 0 Å². The largest absolute Gasteiger partial charge is 0.481 e. The summed E-state index contributed by atoms with van der Waals surface area (Å²) < 4.78 is 5.06. The maximum Gasteiger partial charge on any atom is 0.311 e. The summed E-state index contributed by atoms with van der Waals surface area (Å²) in [5, 5.41) is 8.44. The molecule has 0 aliphatic rings. The predicted octanol–water partition coefficient (Wildman–Crippen LogP) is 2.56. The lowest BCUT2D eigenvalue weighted by Gasteiger charge is -2.20. The minimum atomic E-state index is -0.779. The molecule has 0 amide bonds. The van der Waals surface area contributed by atoms with E-state index in [2.05, 4.69) is 0 Å². The molecule has 1 N–H and O–H groups in total. The quantitative estimate of drug-likeness (QED) is 0.257. The molecule has 0 aromatic rings. The summed E-state index contributed by atoms with van der Waals surface area (Å²) in [5.74, 6) is -1.02. The van der Waals surface area contributed by atoms with Gasteiger partial charge in [0.1, 0.15) is 13.2 Å². The van der Waals surface area contributed by atoms with E-state index in [1.807, 2.05) is 20.8 Å². The van der Waals surface area contributed by atoms with E-state index in [4.69, 9.17) is 19.6 Å². The van der Waals surface area contributed by atoms with E-state index in [0.717, 1.165) is 19.3 Å². The van der Waals surface area contributed by atoms with Gasteiger partial charge in [0.15, 0.2) is 0 Å². The highest BCUT2D eigenvalue weighted by molar-refractivity contribution is 5.75. The smallest absolute Gasteiger partial charge is 0.311 e. The Morgan fingerprint density at radius 2 is 1.65 bits per heavy atom. The maximum atomic E-state index is 11.6. The van der Waals surface area contributed by atoms with Crippen LogP contribution in [-0.4, -0.2) is 36.9 Å². The molecular formula is C14H26O6. The first-order chi connectivity index (χ1) is 9.40. The monoisotopic (exact) mass is 290 g/mol. The molecule has 0 bridgehead atoms. The molecule has 0 spiro atoms. The summed E-state index contributed by atoms with van der Waals surface area (Å²) in [5.41, 5.74) is -0.467. The van der Waals surface area contributed by atoms with E-state index in [0.29, 0.717) is 13.0 Å². The van der Waals surface area contributed by atoms with Crippen LogP contribution in [0.2, 0.25) is 0 Å². The van der Waals surface area contributed by atoms with Crippen molar-refractivity contribution in [3.05, 3.63) is 0 Å². The van der Waals surface area contributed by atoms with Gasteiger partial charge in [0.25, 0.3) is 0 Å². The lowest BCUT2D eigenvalue weighted by atomic mass is 9.91. The number of aliphatic carboxylic acids is 1. The van der Waals surface area contributed by atoms with Gasteiger partial charge < -0.3 is 9.84 Å². The number of esters is 1. The van der Waals surface area contributed by atoms with Crippen LogP contribution in [0.25, 0.3) is 0 Å². The number of carbonyl (C=O) groups excluding carboxylic acids is 1. The second kappa shape index (κ2) is 10.6. The predicted molar refractivity (Wildman–Crippen MR) is 73.0 cm³/mol. The first kappa shape index (κ1) is 18.9. The first-order valence-electron chi connectivity index (χ1n) is 7.03. The highest BCUT2D eigenvalue weighted by atomic mass is 17.2. The lowest BCUT2D eigenvalue weighted by Crippen LogP contribution is -2.27. The van der Waals surface area contributed by atoms with Gasteiger partial charge in [0.2, 0.25) is 0 Å². The van der Waals surface area contributed by atoms with Crippen molar-refractivity contribution in [1.29, 1.82) is 0 Å². The summed E-state index contributed by atoms with van der Waals surface area (Å²) in [6.07, 6.45) is 3.08. The SMILES string of the molecule is CCC(C)(C)C(=O)OCCOOCCCCCC(=O)O. The number of ether oxygens (including phenoxy) is 1. The number of rotatable bonds is 12. The van der Waals surface area contributed by atoms with E-state index in [1.54, 1.807) is 0 Å². The molecule has 118 valence electrons. The Bertz CT molecular complexity index is 287. The zero-order valence-corrected chi connectivity index (χ0v) is 12.6. The van der Waals surface area contributed by atoms with Gasteiger partial charge in [0, 0.05) is 6.42 Å². The Balaban J connectivity index is 3.33. The van der Waals surface area contributed by atoms with Crippen molar-refractivity contribution in [1.82, 2.24) is 0 Å². The summed E-state index contributed by atoms with van der Waals surface area (Å²) >= 11 is 0. The highest BCUT2D eigenvalue weighted by Gasteiger charge is 2.26. The van der Waals surface area contributed by atoms with Gasteiger partial charge >= 0.3 is 11.9 Å². The topological polar surface area (TPSA) is 82.1 Å². The summed E-state index contributed by atoms with van der Waals surface area (Å²) in [7, 11) is 0. The van der Waals surface area contributed by atoms with Crippen LogP contribution in [0.15, 0.2) is 0 Å². The minimum Gasteiger partial charge on any atom is -0.481 e. The van der Waals surface area contributed by atoms with Crippen LogP contribution in [0, 0.1) is 5.41 Å². The van der Waals surface area contributed by atoms with Crippen molar-refractivity contribution in [2.45, 2.75) is 52.9 Å². The molecular weight excluding hydrogens is 264 g/mol. The Kier molecular flexibility index (Phi) is 10.0. The van der Waals surface area contributed by atoms with Gasteiger partial charge in [-0.3, -0.25) is 9.59 Å². The molecule has 0 aromatic carbocycles. The van der Waals surface area contributed by atoms with E-state index >= 15 is 0 Å². The van der Waals surface area contributed by atoms with E-state index in [9.17, 15) is 9.59 Å². The van der Waals surface area contributed by atoms with Gasteiger partial charge in [-0.15, -0.1) is 0 Å². The summed E-state index contributed by atoms with van der Waals surface area (Å²) in [6, 6.07) is 0. The van der Waals surface area contributed by atoms with Crippen LogP contribution in [-0.2, 0) is 24.1 Å². The van der Waals surface area contributed by atoms with Crippen molar-refractivity contribution >= 4 is 11.9 Å². The molecule has 0 heterocycles. The van der Waals surface area contributed by atoms with E-state index in [-0.39, 0.29) is 25.6 Å². The Morgan fingerprint density at radius 1 is 1.00 bits per heavy atom. The Hall–Kier alpha value is -1.14. The molecule has 0 fully saturated rings. The van der Waals surface area contributed by atoms with Gasteiger partial charge in [-0.1, -0.05) is 13.3 Å².